The number of methoxy groups -OCH3 is 1. The van der Waals surface area contributed by atoms with E-state index in [4.69, 9.17) is 9.15 Å². The van der Waals surface area contributed by atoms with Crippen LogP contribution in [0.3, 0.4) is 0 Å². The largest absolute Gasteiger partial charge is 0.465 e. The Morgan fingerprint density at radius 3 is 2.60 bits per heavy atom. The van der Waals surface area contributed by atoms with Crippen molar-refractivity contribution in [1.82, 2.24) is 4.90 Å². The standard InChI is InChI=1S/C14H21NO5/c1-5-19-13(16)9-15(10(2)3)8-11-6-7-12(20-11)14(17)18-4/h6-7,10H,5,8-9H2,1-4H3. The second-order valence-electron chi connectivity index (χ2n) is 4.56. The highest BCUT2D eigenvalue weighted by Gasteiger charge is 2.18. The zero-order chi connectivity index (χ0) is 15.1. The Morgan fingerprint density at radius 1 is 1.35 bits per heavy atom. The van der Waals surface area contributed by atoms with Gasteiger partial charge in [-0.3, -0.25) is 9.69 Å². The summed E-state index contributed by atoms with van der Waals surface area (Å²) in [5.41, 5.74) is 0. The lowest BCUT2D eigenvalue weighted by Crippen LogP contribution is -2.35. The van der Waals surface area contributed by atoms with Crippen molar-refractivity contribution in [3.8, 4) is 0 Å². The highest BCUT2D eigenvalue weighted by Crippen LogP contribution is 2.13. The van der Waals surface area contributed by atoms with Crippen LogP contribution >= 0.6 is 0 Å². The number of hydrogen-bond acceptors (Lipinski definition) is 6. The quantitative estimate of drug-likeness (QED) is 0.711. The first kappa shape index (κ1) is 16.2. The summed E-state index contributed by atoms with van der Waals surface area (Å²) in [7, 11) is 1.30. The van der Waals surface area contributed by atoms with E-state index >= 15 is 0 Å². The van der Waals surface area contributed by atoms with Crippen molar-refractivity contribution < 1.29 is 23.5 Å². The van der Waals surface area contributed by atoms with Gasteiger partial charge in [0.2, 0.25) is 5.76 Å². The lowest BCUT2D eigenvalue weighted by molar-refractivity contribution is -0.145. The van der Waals surface area contributed by atoms with Gasteiger partial charge >= 0.3 is 11.9 Å². The van der Waals surface area contributed by atoms with Crippen LogP contribution in [0, 0.1) is 0 Å². The molecular formula is C14H21NO5. The van der Waals surface area contributed by atoms with Crippen molar-refractivity contribution in [2.75, 3.05) is 20.3 Å². The first-order valence-corrected chi connectivity index (χ1v) is 6.54. The van der Waals surface area contributed by atoms with E-state index < -0.39 is 5.97 Å². The summed E-state index contributed by atoms with van der Waals surface area (Å²) in [5, 5.41) is 0. The Hall–Kier alpha value is -1.82. The number of furan rings is 1. The smallest absolute Gasteiger partial charge is 0.373 e. The summed E-state index contributed by atoms with van der Waals surface area (Å²) in [5.74, 6) is -0.0376. The topological polar surface area (TPSA) is 69.0 Å². The van der Waals surface area contributed by atoms with Gasteiger partial charge in [0.15, 0.2) is 0 Å². The van der Waals surface area contributed by atoms with Crippen LogP contribution in [0.2, 0.25) is 0 Å². The van der Waals surface area contributed by atoms with Crippen LogP contribution in [0.25, 0.3) is 0 Å². The fraction of sp³-hybridized carbons (Fsp3) is 0.571. The summed E-state index contributed by atoms with van der Waals surface area (Å²) < 4.78 is 14.9. The molecule has 1 aromatic heterocycles. The normalized spacial score (nSPS) is 10.9. The number of carbonyl (C=O) groups excluding carboxylic acids is 2. The van der Waals surface area contributed by atoms with E-state index in [0.717, 1.165) is 0 Å². The van der Waals surface area contributed by atoms with Crippen molar-refractivity contribution in [2.45, 2.75) is 33.4 Å². The molecule has 0 aliphatic heterocycles. The highest BCUT2D eigenvalue weighted by molar-refractivity contribution is 5.86. The van der Waals surface area contributed by atoms with Gasteiger partial charge in [0.1, 0.15) is 5.76 Å². The predicted molar refractivity (Wildman–Crippen MR) is 72.2 cm³/mol. The third kappa shape index (κ3) is 4.70. The fourth-order valence-corrected chi connectivity index (χ4v) is 1.67. The molecule has 1 rings (SSSR count). The third-order valence-electron chi connectivity index (χ3n) is 2.77. The molecule has 1 aromatic rings. The summed E-state index contributed by atoms with van der Waals surface area (Å²) in [6, 6.07) is 3.41. The molecule has 6 nitrogen and oxygen atoms in total. The number of rotatable bonds is 7. The van der Waals surface area contributed by atoms with Gasteiger partial charge < -0.3 is 13.9 Å². The molecule has 0 aliphatic rings. The average Bonchev–Trinajstić information content (AvgIpc) is 2.85. The summed E-state index contributed by atoms with van der Waals surface area (Å²) in [6.45, 7) is 6.69. The third-order valence-corrected chi connectivity index (χ3v) is 2.77. The van der Waals surface area contributed by atoms with Crippen molar-refractivity contribution in [1.29, 1.82) is 0 Å². The van der Waals surface area contributed by atoms with Crippen LogP contribution in [0.4, 0.5) is 0 Å². The molecule has 0 atom stereocenters. The molecule has 0 aliphatic carbocycles. The molecule has 0 amide bonds. The molecule has 0 saturated heterocycles. The van der Waals surface area contributed by atoms with Gasteiger partial charge in [-0.05, 0) is 32.9 Å². The molecule has 20 heavy (non-hydrogen) atoms. The van der Waals surface area contributed by atoms with Crippen LogP contribution in [-0.4, -0.2) is 43.1 Å². The van der Waals surface area contributed by atoms with Gasteiger partial charge in [0.05, 0.1) is 26.8 Å². The van der Waals surface area contributed by atoms with Crippen molar-refractivity contribution in [3.63, 3.8) is 0 Å². The molecule has 6 heteroatoms. The molecule has 0 fully saturated rings. The molecule has 0 radical (unpaired) electrons. The summed E-state index contributed by atoms with van der Waals surface area (Å²) in [4.78, 5) is 24.7. The second kappa shape index (κ2) is 7.69. The zero-order valence-corrected chi connectivity index (χ0v) is 12.3. The van der Waals surface area contributed by atoms with E-state index in [9.17, 15) is 9.59 Å². The molecular weight excluding hydrogens is 262 g/mol. The van der Waals surface area contributed by atoms with Gasteiger partial charge in [-0.1, -0.05) is 0 Å². The van der Waals surface area contributed by atoms with Crippen LogP contribution < -0.4 is 0 Å². The molecule has 0 bridgehead atoms. The van der Waals surface area contributed by atoms with Crippen molar-refractivity contribution in [3.05, 3.63) is 23.7 Å². The minimum absolute atomic E-state index is 0.145. The van der Waals surface area contributed by atoms with Crippen LogP contribution in [0.15, 0.2) is 16.5 Å². The number of ether oxygens (including phenoxy) is 2. The van der Waals surface area contributed by atoms with E-state index in [1.807, 2.05) is 18.7 Å². The minimum Gasteiger partial charge on any atom is -0.465 e. The molecule has 0 N–H and O–H groups in total. The maximum Gasteiger partial charge on any atom is 0.373 e. The maximum absolute atomic E-state index is 11.5. The van der Waals surface area contributed by atoms with E-state index in [-0.39, 0.29) is 24.3 Å². The van der Waals surface area contributed by atoms with Gasteiger partial charge in [0.25, 0.3) is 0 Å². The van der Waals surface area contributed by atoms with Crippen molar-refractivity contribution in [2.24, 2.45) is 0 Å². The monoisotopic (exact) mass is 283 g/mol. The Bertz CT molecular complexity index is 452. The van der Waals surface area contributed by atoms with Gasteiger partial charge in [-0.2, -0.15) is 0 Å². The van der Waals surface area contributed by atoms with E-state index in [0.29, 0.717) is 18.9 Å². The second-order valence-corrected chi connectivity index (χ2v) is 4.56. The molecule has 112 valence electrons. The molecule has 0 saturated carbocycles. The summed E-state index contributed by atoms with van der Waals surface area (Å²) in [6.07, 6.45) is 0. The lowest BCUT2D eigenvalue weighted by atomic mass is 10.3. The van der Waals surface area contributed by atoms with Crippen LogP contribution in [0.1, 0.15) is 37.1 Å². The van der Waals surface area contributed by atoms with Gasteiger partial charge in [-0.15, -0.1) is 0 Å². The Balaban J connectivity index is 2.68. The minimum atomic E-state index is -0.516. The Labute approximate surface area is 118 Å². The first-order chi connectivity index (χ1) is 9.47. The average molecular weight is 283 g/mol. The predicted octanol–water partition coefficient (Wildman–Crippen LogP) is 1.84. The van der Waals surface area contributed by atoms with E-state index in [2.05, 4.69) is 4.74 Å². The molecule has 1 heterocycles. The molecule has 0 unspecified atom stereocenters. The molecule has 0 aromatic carbocycles. The van der Waals surface area contributed by atoms with Crippen LogP contribution in [-0.2, 0) is 20.8 Å². The van der Waals surface area contributed by atoms with Gasteiger partial charge in [0, 0.05) is 6.04 Å². The number of carbonyl (C=O) groups is 2. The van der Waals surface area contributed by atoms with E-state index in [1.165, 1.54) is 7.11 Å². The first-order valence-electron chi connectivity index (χ1n) is 6.54. The maximum atomic E-state index is 11.5. The number of hydrogen-bond donors (Lipinski definition) is 0. The fourth-order valence-electron chi connectivity index (χ4n) is 1.67. The molecule has 0 spiro atoms. The lowest BCUT2D eigenvalue weighted by Gasteiger charge is -2.24. The summed E-state index contributed by atoms with van der Waals surface area (Å²) >= 11 is 0. The number of nitrogens with zero attached hydrogens (tertiary/aromatic N) is 1. The van der Waals surface area contributed by atoms with Gasteiger partial charge in [-0.25, -0.2) is 4.79 Å². The highest BCUT2D eigenvalue weighted by atomic mass is 16.5. The van der Waals surface area contributed by atoms with Crippen LogP contribution in [0.5, 0.6) is 0 Å². The SMILES string of the molecule is CCOC(=O)CN(Cc1ccc(C(=O)OC)o1)C(C)C. The van der Waals surface area contributed by atoms with Crippen molar-refractivity contribution >= 4 is 11.9 Å². The Kier molecular flexibility index (Phi) is 6.24. The zero-order valence-electron chi connectivity index (χ0n) is 12.3. The number of esters is 2. The van der Waals surface area contributed by atoms with E-state index in [1.54, 1.807) is 19.1 Å². The Morgan fingerprint density at radius 2 is 2.05 bits per heavy atom.